The first-order valence-electron chi connectivity index (χ1n) is 6.11. The molecule has 1 aromatic rings. The SMILES string of the molecule is CCOCCc1nc2c(s1)CCCC2CN. The lowest BCUT2D eigenvalue weighted by molar-refractivity contribution is 0.151. The zero-order valence-electron chi connectivity index (χ0n) is 9.87. The molecule has 0 fully saturated rings. The number of nitrogens with two attached hydrogens (primary N) is 1. The molecule has 0 bridgehead atoms. The fraction of sp³-hybridized carbons (Fsp3) is 0.750. The van der Waals surface area contributed by atoms with Crippen molar-refractivity contribution in [3.05, 3.63) is 15.6 Å². The van der Waals surface area contributed by atoms with Gasteiger partial charge >= 0.3 is 0 Å². The van der Waals surface area contributed by atoms with Crippen LogP contribution >= 0.6 is 11.3 Å². The molecule has 4 heteroatoms. The van der Waals surface area contributed by atoms with E-state index in [1.54, 1.807) is 0 Å². The van der Waals surface area contributed by atoms with Gasteiger partial charge in [0.1, 0.15) is 0 Å². The second kappa shape index (κ2) is 5.75. The second-order valence-corrected chi connectivity index (χ2v) is 5.36. The summed E-state index contributed by atoms with van der Waals surface area (Å²) in [6, 6.07) is 0. The number of rotatable bonds is 5. The largest absolute Gasteiger partial charge is 0.381 e. The van der Waals surface area contributed by atoms with E-state index in [9.17, 15) is 0 Å². The van der Waals surface area contributed by atoms with Gasteiger partial charge in [-0.3, -0.25) is 0 Å². The Bertz CT molecular complexity index is 338. The number of thiazole rings is 1. The van der Waals surface area contributed by atoms with Gasteiger partial charge in [0.05, 0.1) is 17.3 Å². The van der Waals surface area contributed by atoms with E-state index in [0.717, 1.165) is 26.2 Å². The van der Waals surface area contributed by atoms with E-state index in [1.165, 1.54) is 34.8 Å². The minimum absolute atomic E-state index is 0.501. The van der Waals surface area contributed by atoms with Gasteiger partial charge in [0.2, 0.25) is 0 Å². The molecule has 1 aliphatic rings. The fourth-order valence-corrected chi connectivity index (χ4v) is 3.38. The van der Waals surface area contributed by atoms with Crippen LogP contribution in [-0.4, -0.2) is 24.7 Å². The highest BCUT2D eigenvalue weighted by Gasteiger charge is 2.23. The minimum atomic E-state index is 0.501. The Labute approximate surface area is 101 Å². The number of aryl methyl sites for hydroxylation is 1. The molecule has 0 saturated heterocycles. The molecule has 1 aromatic heterocycles. The van der Waals surface area contributed by atoms with E-state index in [0.29, 0.717) is 5.92 Å². The van der Waals surface area contributed by atoms with Crippen LogP contribution in [0.5, 0.6) is 0 Å². The third-order valence-corrected chi connectivity index (χ3v) is 4.25. The zero-order valence-corrected chi connectivity index (χ0v) is 10.7. The normalized spacial score (nSPS) is 19.8. The van der Waals surface area contributed by atoms with Crippen LogP contribution in [0, 0.1) is 0 Å². The van der Waals surface area contributed by atoms with E-state index in [-0.39, 0.29) is 0 Å². The van der Waals surface area contributed by atoms with Crippen LogP contribution in [0.3, 0.4) is 0 Å². The predicted molar refractivity (Wildman–Crippen MR) is 67.0 cm³/mol. The lowest BCUT2D eigenvalue weighted by Gasteiger charge is -2.18. The first-order chi connectivity index (χ1) is 7.85. The van der Waals surface area contributed by atoms with Crippen molar-refractivity contribution in [2.45, 2.75) is 38.5 Å². The van der Waals surface area contributed by atoms with Crippen molar-refractivity contribution in [1.29, 1.82) is 0 Å². The molecule has 0 saturated carbocycles. The molecule has 0 radical (unpaired) electrons. The Morgan fingerprint density at radius 2 is 2.44 bits per heavy atom. The standard InChI is InChI=1S/C12H20N2OS/c1-2-15-7-6-11-14-12-9(8-13)4-3-5-10(12)16-11/h9H,2-8,13H2,1H3. The van der Waals surface area contributed by atoms with Crippen LogP contribution < -0.4 is 5.73 Å². The van der Waals surface area contributed by atoms with Crippen molar-refractivity contribution in [1.82, 2.24) is 4.98 Å². The molecule has 3 nitrogen and oxygen atoms in total. The molecule has 2 N–H and O–H groups in total. The van der Waals surface area contributed by atoms with Gasteiger partial charge in [-0.1, -0.05) is 0 Å². The van der Waals surface area contributed by atoms with Crippen LogP contribution in [0.1, 0.15) is 41.3 Å². The Hall–Kier alpha value is -0.450. The maximum atomic E-state index is 5.79. The van der Waals surface area contributed by atoms with Crippen LogP contribution in [0.25, 0.3) is 0 Å². The van der Waals surface area contributed by atoms with E-state index in [4.69, 9.17) is 15.5 Å². The summed E-state index contributed by atoms with van der Waals surface area (Å²) in [5.74, 6) is 0.501. The van der Waals surface area contributed by atoms with Gasteiger partial charge in [-0.25, -0.2) is 4.98 Å². The number of hydrogen-bond acceptors (Lipinski definition) is 4. The summed E-state index contributed by atoms with van der Waals surface area (Å²) in [4.78, 5) is 6.20. The summed E-state index contributed by atoms with van der Waals surface area (Å²) in [6.07, 6.45) is 4.61. The predicted octanol–water partition coefficient (Wildman–Crippen LogP) is 2.10. The first kappa shape index (κ1) is 12.0. The highest BCUT2D eigenvalue weighted by atomic mass is 32.1. The first-order valence-corrected chi connectivity index (χ1v) is 6.93. The van der Waals surface area contributed by atoms with Gasteiger partial charge in [-0.05, 0) is 26.2 Å². The third kappa shape index (κ3) is 2.62. The van der Waals surface area contributed by atoms with Gasteiger partial charge < -0.3 is 10.5 Å². The smallest absolute Gasteiger partial charge is 0.0954 e. The molecule has 0 amide bonds. The van der Waals surface area contributed by atoms with Crippen LogP contribution in [0.4, 0.5) is 0 Å². The van der Waals surface area contributed by atoms with E-state index >= 15 is 0 Å². The summed E-state index contributed by atoms with van der Waals surface area (Å²) in [6.45, 7) is 4.34. The van der Waals surface area contributed by atoms with Crippen molar-refractivity contribution in [2.75, 3.05) is 19.8 Å². The van der Waals surface area contributed by atoms with E-state index in [1.807, 2.05) is 18.3 Å². The highest BCUT2D eigenvalue weighted by Crippen LogP contribution is 2.34. The number of nitrogens with zero attached hydrogens (tertiary/aromatic N) is 1. The second-order valence-electron chi connectivity index (χ2n) is 4.19. The third-order valence-electron chi connectivity index (χ3n) is 3.06. The summed E-state index contributed by atoms with van der Waals surface area (Å²) in [7, 11) is 0. The molecule has 16 heavy (non-hydrogen) atoms. The minimum Gasteiger partial charge on any atom is -0.381 e. The van der Waals surface area contributed by atoms with Crippen LogP contribution in [0.15, 0.2) is 0 Å². The molecule has 0 aliphatic heterocycles. The van der Waals surface area contributed by atoms with Crippen molar-refractivity contribution >= 4 is 11.3 Å². The van der Waals surface area contributed by atoms with Crippen molar-refractivity contribution in [2.24, 2.45) is 5.73 Å². The quantitative estimate of drug-likeness (QED) is 0.802. The molecule has 0 aromatic carbocycles. The van der Waals surface area contributed by atoms with E-state index < -0.39 is 0 Å². The van der Waals surface area contributed by atoms with Crippen molar-refractivity contribution < 1.29 is 4.74 Å². The van der Waals surface area contributed by atoms with Crippen molar-refractivity contribution in [3.8, 4) is 0 Å². The molecule has 90 valence electrons. The molecule has 1 aliphatic carbocycles. The Balaban J connectivity index is 2.03. The zero-order chi connectivity index (χ0) is 11.4. The van der Waals surface area contributed by atoms with Gasteiger partial charge in [0.25, 0.3) is 0 Å². The lowest BCUT2D eigenvalue weighted by atomic mass is 9.91. The van der Waals surface area contributed by atoms with Gasteiger partial charge in [-0.2, -0.15) is 0 Å². The summed E-state index contributed by atoms with van der Waals surface area (Å²) in [5.41, 5.74) is 7.07. The van der Waals surface area contributed by atoms with E-state index in [2.05, 4.69) is 0 Å². The summed E-state index contributed by atoms with van der Waals surface area (Å²) in [5, 5.41) is 1.22. The highest BCUT2D eigenvalue weighted by molar-refractivity contribution is 7.11. The number of hydrogen-bond donors (Lipinski definition) is 1. The molecular formula is C12H20N2OS. The topological polar surface area (TPSA) is 48.1 Å². The average molecular weight is 240 g/mol. The fourth-order valence-electron chi connectivity index (χ4n) is 2.20. The Morgan fingerprint density at radius 1 is 1.56 bits per heavy atom. The Kier molecular flexibility index (Phi) is 4.32. The van der Waals surface area contributed by atoms with Gasteiger partial charge in [-0.15, -0.1) is 11.3 Å². The van der Waals surface area contributed by atoms with Crippen LogP contribution in [0.2, 0.25) is 0 Å². The molecule has 2 rings (SSSR count). The summed E-state index contributed by atoms with van der Waals surface area (Å²) < 4.78 is 5.36. The van der Waals surface area contributed by atoms with Gasteiger partial charge in [0, 0.05) is 30.4 Å². The van der Waals surface area contributed by atoms with Gasteiger partial charge in [0.15, 0.2) is 0 Å². The van der Waals surface area contributed by atoms with Crippen LogP contribution in [-0.2, 0) is 17.6 Å². The number of fused-ring (bicyclic) bond motifs is 1. The number of aromatic nitrogens is 1. The molecule has 1 atom stereocenters. The summed E-state index contributed by atoms with van der Waals surface area (Å²) >= 11 is 1.86. The maximum absolute atomic E-state index is 5.79. The molecular weight excluding hydrogens is 220 g/mol. The molecule has 0 spiro atoms. The lowest BCUT2D eigenvalue weighted by Crippen LogP contribution is -2.17. The Morgan fingerprint density at radius 3 is 3.19 bits per heavy atom. The average Bonchev–Trinajstić information content (AvgIpc) is 2.71. The number of ether oxygens (including phenoxy) is 1. The monoisotopic (exact) mass is 240 g/mol. The maximum Gasteiger partial charge on any atom is 0.0954 e. The molecule has 1 heterocycles. The molecule has 1 unspecified atom stereocenters. The van der Waals surface area contributed by atoms with Crippen molar-refractivity contribution in [3.63, 3.8) is 0 Å².